The van der Waals surface area contributed by atoms with Crippen LogP contribution in [0.15, 0.2) is 0 Å². The molecule has 0 aromatic carbocycles. The van der Waals surface area contributed by atoms with Gasteiger partial charge in [0.2, 0.25) is 0 Å². The van der Waals surface area contributed by atoms with E-state index in [2.05, 4.69) is 5.32 Å². The molecule has 1 N–H and O–H groups in total. The topological polar surface area (TPSA) is 66.5 Å². The van der Waals surface area contributed by atoms with Gasteiger partial charge in [-0.25, -0.2) is 0 Å². The Kier molecular flexibility index (Phi) is 7.67. The van der Waals surface area contributed by atoms with E-state index >= 15 is 0 Å². The van der Waals surface area contributed by atoms with E-state index in [1.165, 1.54) is 0 Å². The summed E-state index contributed by atoms with van der Waals surface area (Å²) in [6, 6.07) is 0. The van der Waals surface area contributed by atoms with Gasteiger partial charge in [-0.1, -0.05) is 0 Å². The summed E-state index contributed by atoms with van der Waals surface area (Å²) < 4.78 is 0. The van der Waals surface area contributed by atoms with E-state index < -0.39 is 5.37 Å². The predicted octanol–water partition coefficient (Wildman–Crippen LogP) is 1.44. The molecule has 0 bridgehead atoms. The molecule has 0 aromatic heterocycles. The van der Waals surface area contributed by atoms with Gasteiger partial charge in [0.1, 0.15) is 12.6 Å². The standard InChI is InChI=1S/C7H10ClNO2.C6H11NO/c8-7(11)9-3-1-6(5-10)2-4-9;8-5-6-1-3-7-4-2-6/h5-6H,1-4H2;5-7H,1-4H2. The third kappa shape index (κ3) is 6.16. The van der Waals surface area contributed by atoms with Crippen molar-refractivity contribution in [3.8, 4) is 0 Å². The second kappa shape index (κ2) is 9.04. The summed E-state index contributed by atoms with van der Waals surface area (Å²) in [4.78, 5) is 32.6. The first kappa shape index (κ1) is 16.1. The van der Waals surface area contributed by atoms with Gasteiger partial charge in [0.15, 0.2) is 0 Å². The fraction of sp³-hybridized carbons (Fsp3) is 0.769. The number of carbonyl (C=O) groups excluding carboxylic acids is 3. The highest BCUT2D eigenvalue weighted by molar-refractivity contribution is 6.62. The molecule has 2 heterocycles. The molecule has 1 amide bonds. The molecule has 5 nitrogen and oxygen atoms in total. The van der Waals surface area contributed by atoms with Crippen LogP contribution >= 0.6 is 11.6 Å². The van der Waals surface area contributed by atoms with Crippen LogP contribution in [0.25, 0.3) is 0 Å². The van der Waals surface area contributed by atoms with Gasteiger partial charge in [-0.15, -0.1) is 0 Å². The number of hydrogen-bond donors (Lipinski definition) is 1. The van der Waals surface area contributed by atoms with Gasteiger partial charge >= 0.3 is 5.37 Å². The maximum absolute atomic E-state index is 10.6. The van der Waals surface area contributed by atoms with Crippen LogP contribution in [0.1, 0.15) is 25.7 Å². The Labute approximate surface area is 118 Å². The summed E-state index contributed by atoms with van der Waals surface area (Å²) in [5.74, 6) is 0.471. The molecule has 2 rings (SSSR count). The molecule has 0 unspecified atom stereocenters. The summed E-state index contributed by atoms with van der Waals surface area (Å²) in [5, 5.41) is 2.78. The minimum Gasteiger partial charge on any atom is -0.329 e. The molecule has 0 atom stereocenters. The number of likely N-dealkylation sites (tertiary alicyclic amines) is 1. The summed E-state index contributed by atoms with van der Waals surface area (Å²) in [6.07, 6.45) is 5.59. The largest absolute Gasteiger partial charge is 0.329 e. The molecule has 2 fully saturated rings. The van der Waals surface area contributed by atoms with E-state index in [0.29, 0.717) is 19.0 Å². The van der Waals surface area contributed by atoms with E-state index in [9.17, 15) is 14.4 Å². The Morgan fingerprint density at radius 1 is 1.00 bits per heavy atom. The van der Waals surface area contributed by atoms with E-state index in [-0.39, 0.29) is 5.92 Å². The monoisotopic (exact) mass is 288 g/mol. The SMILES string of the molecule is O=CC1CCN(C(=O)Cl)CC1.O=CC1CCNCC1. The zero-order valence-electron chi connectivity index (χ0n) is 11.0. The maximum Gasteiger partial charge on any atom is 0.316 e. The number of amides is 1. The van der Waals surface area contributed by atoms with Crippen LogP contribution in [0.2, 0.25) is 0 Å². The number of carbonyl (C=O) groups is 3. The van der Waals surface area contributed by atoms with Crippen molar-refractivity contribution in [2.75, 3.05) is 26.2 Å². The number of nitrogens with zero attached hydrogens (tertiary/aromatic N) is 1. The third-order valence-electron chi connectivity index (χ3n) is 3.56. The molecule has 0 spiro atoms. The van der Waals surface area contributed by atoms with Crippen molar-refractivity contribution in [3.05, 3.63) is 0 Å². The molecule has 2 aliphatic heterocycles. The first-order valence-electron chi connectivity index (χ1n) is 6.73. The Morgan fingerprint density at radius 3 is 1.84 bits per heavy atom. The van der Waals surface area contributed by atoms with E-state index in [1.54, 1.807) is 4.90 Å². The lowest BCUT2D eigenvalue weighted by Gasteiger charge is -2.27. The summed E-state index contributed by atoms with van der Waals surface area (Å²) in [7, 11) is 0. The first-order valence-corrected chi connectivity index (χ1v) is 7.11. The lowest BCUT2D eigenvalue weighted by Crippen LogP contribution is -2.35. The molecule has 0 saturated carbocycles. The van der Waals surface area contributed by atoms with Gasteiger partial charge in [-0.05, 0) is 50.4 Å². The van der Waals surface area contributed by atoms with Crippen molar-refractivity contribution >= 4 is 29.5 Å². The summed E-state index contributed by atoms with van der Waals surface area (Å²) >= 11 is 5.25. The quantitative estimate of drug-likeness (QED) is 0.474. The number of halogens is 1. The molecule has 0 radical (unpaired) electrons. The van der Waals surface area contributed by atoms with Crippen LogP contribution in [-0.4, -0.2) is 49.0 Å². The Hall–Kier alpha value is -0.940. The van der Waals surface area contributed by atoms with Crippen molar-refractivity contribution in [2.45, 2.75) is 25.7 Å². The van der Waals surface area contributed by atoms with Gasteiger partial charge in [0.25, 0.3) is 0 Å². The zero-order valence-corrected chi connectivity index (χ0v) is 11.8. The minimum absolute atomic E-state index is 0.127. The Bertz CT molecular complexity index is 298. The van der Waals surface area contributed by atoms with Crippen LogP contribution < -0.4 is 5.32 Å². The first-order chi connectivity index (χ1) is 9.17. The normalized spacial score (nSPS) is 21.2. The van der Waals surface area contributed by atoms with Crippen LogP contribution in [0.5, 0.6) is 0 Å². The van der Waals surface area contributed by atoms with E-state index in [4.69, 9.17) is 11.6 Å². The highest BCUT2D eigenvalue weighted by Crippen LogP contribution is 2.15. The number of hydrogen-bond acceptors (Lipinski definition) is 4. The molecule has 0 aliphatic carbocycles. The second-order valence-electron chi connectivity index (χ2n) is 4.94. The predicted molar refractivity (Wildman–Crippen MR) is 73.3 cm³/mol. The van der Waals surface area contributed by atoms with Crippen LogP contribution in [0.4, 0.5) is 4.79 Å². The maximum atomic E-state index is 10.6. The number of nitrogens with one attached hydrogen (secondary N) is 1. The van der Waals surface area contributed by atoms with E-state index in [1.807, 2.05) is 0 Å². The number of piperidine rings is 2. The summed E-state index contributed by atoms with van der Waals surface area (Å²) in [5.41, 5.74) is 0. The fourth-order valence-corrected chi connectivity index (χ4v) is 2.36. The van der Waals surface area contributed by atoms with Crippen LogP contribution in [0.3, 0.4) is 0 Å². The average Bonchev–Trinajstić information content (AvgIpc) is 2.48. The van der Waals surface area contributed by atoms with Crippen molar-refractivity contribution in [2.24, 2.45) is 11.8 Å². The molecular weight excluding hydrogens is 268 g/mol. The zero-order chi connectivity index (χ0) is 14.1. The fourth-order valence-electron chi connectivity index (χ4n) is 2.19. The van der Waals surface area contributed by atoms with Crippen LogP contribution in [0, 0.1) is 11.8 Å². The van der Waals surface area contributed by atoms with E-state index in [0.717, 1.165) is 51.3 Å². The molecule has 2 aliphatic rings. The summed E-state index contributed by atoms with van der Waals surface area (Å²) in [6.45, 7) is 3.27. The number of aldehydes is 2. The lowest BCUT2D eigenvalue weighted by molar-refractivity contribution is -0.112. The average molecular weight is 289 g/mol. The van der Waals surface area contributed by atoms with Crippen LogP contribution in [-0.2, 0) is 9.59 Å². The van der Waals surface area contributed by atoms with Gasteiger partial charge < -0.3 is 19.8 Å². The molecule has 19 heavy (non-hydrogen) atoms. The second-order valence-corrected chi connectivity index (χ2v) is 5.26. The number of rotatable bonds is 2. The molecule has 0 aromatic rings. The Morgan fingerprint density at radius 2 is 1.47 bits per heavy atom. The van der Waals surface area contributed by atoms with Gasteiger partial charge in [0, 0.05) is 24.9 Å². The van der Waals surface area contributed by atoms with Crippen molar-refractivity contribution < 1.29 is 14.4 Å². The Balaban J connectivity index is 0.000000200. The molecular formula is C13H21ClN2O3. The van der Waals surface area contributed by atoms with Crippen molar-refractivity contribution in [1.29, 1.82) is 0 Å². The van der Waals surface area contributed by atoms with Gasteiger partial charge in [0.05, 0.1) is 0 Å². The smallest absolute Gasteiger partial charge is 0.316 e. The van der Waals surface area contributed by atoms with Crippen molar-refractivity contribution in [1.82, 2.24) is 10.2 Å². The highest BCUT2D eigenvalue weighted by atomic mass is 35.5. The molecule has 2 saturated heterocycles. The lowest BCUT2D eigenvalue weighted by atomic mass is 9.99. The highest BCUT2D eigenvalue weighted by Gasteiger charge is 2.20. The molecule has 6 heteroatoms. The van der Waals surface area contributed by atoms with Gasteiger partial charge in [-0.2, -0.15) is 0 Å². The van der Waals surface area contributed by atoms with Gasteiger partial charge in [-0.3, -0.25) is 4.79 Å². The molecule has 108 valence electrons. The minimum atomic E-state index is -0.408. The third-order valence-corrected chi connectivity index (χ3v) is 3.80. The van der Waals surface area contributed by atoms with Crippen molar-refractivity contribution in [3.63, 3.8) is 0 Å².